The molecule has 9 heteroatoms. The Morgan fingerprint density at radius 3 is 2.75 bits per heavy atom. The Morgan fingerprint density at radius 1 is 1.25 bits per heavy atom. The van der Waals surface area contributed by atoms with Crippen LogP contribution in [0.2, 0.25) is 0 Å². The summed E-state index contributed by atoms with van der Waals surface area (Å²) >= 11 is 0. The maximum Gasteiger partial charge on any atom is 0.218 e. The summed E-state index contributed by atoms with van der Waals surface area (Å²) < 4.78 is 34.1. The quantitative estimate of drug-likeness (QED) is 0.729. The van der Waals surface area contributed by atoms with E-state index in [1.807, 2.05) is 12.3 Å². The second kappa shape index (κ2) is 7.92. The van der Waals surface area contributed by atoms with Crippen LogP contribution in [-0.2, 0) is 21.3 Å². The molecule has 1 aromatic rings. The highest BCUT2D eigenvalue weighted by atomic mass is 32.2. The topological polar surface area (TPSA) is 87.9 Å². The molecule has 8 nitrogen and oxygen atoms in total. The number of nitrogens with zero attached hydrogens (tertiary/aromatic N) is 4. The first-order valence-corrected chi connectivity index (χ1v) is 10.0. The molecule has 1 N–H and O–H groups in total. The Balaban J connectivity index is 1.55. The smallest absolute Gasteiger partial charge is 0.218 e. The normalized spacial score (nSPS) is 25.6. The molecule has 0 aromatic carbocycles. The van der Waals surface area contributed by atoms with Crippen LogP contribution in [0.3, 0.4) is 0 Å². The van der Waals surface area contributed by atoms with Gasteiger partial charge in [0.05, 0.1) is 31.1 Å². The number of rotatable bonds is 6. The number of aromatic nitrogens is 2. The van der Waals surface area contributed by atoms with Crippen LogP contribution >= 0.6 is 0 Å². The lowest BCUT2D eigenvalue weighted by atomic mass is 10.1. The Bertz CT molecular complexity index is 601. The number of hydrogen-bond donors (Lipinski definition) is 1. The third kappa shape index (κ3) is 4.34. The van der Waals surface area contributed by atoms with Crippen molar-refractivity contribution in [2.75, 3.05) is 45.9 Å². The lowest BCUT2D eigenvalue weighted by Gasteiger charge is -2.37. The van der Waals surface area contributed by atoms with Crippen molar-refractivity contribution < 1.29 is 18.3 Å². The molecule has 136 valence electrons. The van der Waals surface area contributed by atoms with Gasteiger partial charge in [0.15, 0.2) is 0 Å². The molecule has 3 rings (SSSR count). The van der Waals surface area contributed by atoms with Crippen LogP contribution < -0.4 is 0 Å². The molecule has 0 aliphatic carbocycles. The summed E-state index contributed by atoms with van der Waals surface area (Å²) in [4.78, 5) is 2.06. The Hall–Kier alpha value is -1.00. The molecule has 1 aromatic heterocycles. The van der Waals surface area contributed by atoms with Crippen LogP contribution in [0.15, 0.2) is 18.5 Å². The first-order chi connectivity index (χ1) is 11.6. The second-order valence-corrected chi connectivity index (χ2v) is 8.68. The van der Waals surface area contributed by atoms with E-state index in [-0.39, 0.29) is 5.25 Å². The lowest BCUT2D eigenvalue weighted by molar-refractivity contribution is 0.0699. The predicted molar refractivity (Wildman–Crippen MR) is 89.0 cm³/mol. The van der Waals surface area contributed by atoms with Crippen molar-refractivity contribution in [2.24, 2.45) is 0 Å². The van der Waals surface area contributed by atoms with E-state index in [0.29, 0.717) is 52.4 Å². The summed E-state index contributed by atoms with van der Waals surface area (Å²) in [6.07, 6.45) is 4.45. The van der Waals surface area contributed by atoms with Crippen molar-refractivity contribution >= 4 is 10.0 Å². The fourth-order valence-electron chi connectivity index (χ4n) is 3.41. The highest BCUT2D eigenvalue weighted by Gasteiger charge is 2.36. The first-order valence-electron chi connectivity index (χ1n) is 8.50. The van der Waals surface area contributed by atoms with Gasteiger partial charge < -0.3 is 9.84 Å². The van der Waals surface area contributed by atoms with Crippen molar-refractivity contribution in [1.82, 2.24) is 19.0 Å². The van der Waals surface area contributed by atoms with Crippen LogP contribution in [0.25, 0.3) is 0 Å². The van der Waals surface area contributed by atoms with Gasteiger partial charge in [0.2, 0.25) is 10.0 Å². The number of ether oxygens (including phenoxy) is 1. The summed E-state index contributed by atoms with van der Waals surface area (Å²) in [7, 11) is -3.29. The monoisotopic (exact) mass is 358 g/mol. The SMILES string of the molecule is O=S(=O)(C1CCCN(CC(O)Cn2cccn2)C1)N1CCOCC1. The molecule has 0 amide bonds. The molecule has 2 aliphatic rings. The minimum absolute atomic E-state index is 0.388. The van der Waals surface area contributed by atoms with Crippen LogP contribution in [-0.4, -0.2) is 89.8 Å². The number of sulfonamides is 1. The van der Waals surface area contributed by atoms with Crippen LogP contribution in [0.4, 0.5) is 0 Å². The molecular formula is C15H26N4O4S. The van der Waals surface area contributed by atoms with E-state index in [4.69, 9.17) is 4.74 Å². The average Bonchev–Trinajstić information content (AvgIpc) is 3.08. The Labute approximate surface area is 143 Å². The maximum absolute atomic E-state index is 12.8. The zero-order chi connectivity index (χ0) is 17.0. The summed E-state index contributed by atoms with van der Waals surface area (Å²) in [5.41, 5.74) is 0. The number of morpholine rings is 1. The fourth-order valence-corrected chi connectivity index (χ4v) is 5.36. The maximum atomic E-state index is 12.8. The van der Waals surface area contributed by atoms with Crippen molar-refractivity contribution in [2.45, 2.75) is 30.7 Å². The van der Waals surface area contributed by atoms with Gasteiger partial charge in [-0.05, 0) is 25.5 Å². The Morgan fingerprint density at radius 2 is 2.04 bits per heavy atom. The fraction of sp³-hybridized carbons (Fsp3) is 0.800. The number of piperidine rings is 1. The van der Waals surface area contributed by atoms with E-state index >= 15 is 0 Å². The van der Waals surface area contributed by atoms with Crippen LogP contribution in [0.5, 0.6) is 0 Å². The summed E-state index contributed by atoms with van der Waals surface area (Å²) in [6.45, 7) is 4.03. The molecule has 0 saturated carbocycles. The van der Waals surface area contributed by atoms with Gasteiger partial charge in [0, 0.05) is 38.6 Å². The molecule has 0 spiro atoms. The summed E-state index contributed by atoms with van der Waals surface area (Å²) in [6, 6.07) is 1.82. The van der Waals surface area contributed by atoms with Crippen molar-refractivity contribution in [3.8, 4) is 0 Å². The molecule has 24 heavy (non-hydrogen) atoms. The largest absolute Gasteiger partial charge is 0.390 e. The predicted octanol–water partition coefficient (Wildman–Crippen LogP) is -0.630. The van der Waals surface area contributed by atoms with Gasteiger partial charge in [-0.2, -0.15) is 9.40 Å². The van der Waals surface area contributed by atoms with Crippen molar-refractivity contribution in [3.63, 3.8) is 0 Å². The van der Waals surface area contributed by atoms with Crippen LogP contribution in [0, 0.1) is 0 Å². The molecule has 2 atom stereocenters. The number of aliphatic hydroxyl groups is 1. The van der Waals surface area contributed by atoms with Gasteiger partial charge in [-0.3, -0.25) is 9.58 Å². The van der Waals surface area contributed by atoms with Crippen molar-refractivity contribution in [1.29, 1.82) is 0 Å². The number of β-amino-alcohol motifs (C(OH)–C–C–N with tert-alkyl or cyclic N) is 1. The van der Waals surface area contributed by atoms with E-state index in [0.717, 1.165) is 13.0 Å². The zero-order valence-electron chi connectivity index (χ0n) is 13.8. The highest BCUT2D eigenvalue weighted by Crippen LogP contribution is 2.21. The summed E-state index contributed by atoms with van der Waals surface area (Å²) in [5.74, 6) is 0. The minimum atomic E-state index is -3.29. The second-order valence-electron chi connectivity index (χ2n) is 6.46. The summed E-state index contributed by atoms with van der Waals surface area (Å²) in [5, 5.41) is 13.9. The molecule has 0 bridgehead atoms. The standard InChI is InChI=1S/C15H26N4O4S/c20-14(12-18-6-2-4-16-18)11-17-5-1-3-15(13-17)24(21,22)19-7-9-23-10-8-19/h2,4,6,14-15,20H,1,3,5,7-13H2. The molecule has 2 fully saturated rings. The van der Waals surface area contributed by atoms with E-state index in [1.165, 1.54) is 0 Å². The first kappa shape index (κ1) is 17.8. The Kier molecular flexibility index (Phi) is 5.88. The molecule has 0 radical (unpaired) electrons. The van der Waals surface area contributed by atoms with Gasteiger partial charge in [-0.15, -0.1) is 0 Å². The van der Waals surface area contributed by atoms with E-state index in [1.54, 1.807) is 15.2 Å². The molecular weight excluding hydrogens is 332 g/mol. The van der Waals surface area contributed by atoms with Gasteiger partial charge >= 0.3 is 0 Å². The van der Waals surface area contributed by atoms with Gasteiger partial charge in [0.25, 0.3) is 0 Å². The van der Waals surface area contributed by atoms with Gasteiger partial charge in [-0.25, -0.2) is 8.42 Å². The number of aliphatic hydroxyl groups excluding tert-OH is 1. The third-order valence-electron chi connectivity index (χ3n) is 4.64. The molecule has 2 unspecified atom stereocenters. The van der Waals surface area contributed by atoms with Gasteiger partial charge in [-0.1, -0.05) is 0 Å². The number of likely N-dealkylation sites (tertiary alicyclic amines) is 1. The zero-order valence-corrected chi connectivity index (χ0v) is 14.6. The molecule has 2 saturated heterocycles. The molecule has 2 aliphatic heterocycles. The van der Waals surface area contributed by atoms with Gasteiger partial charge in [0.1, 0.15) is 0 Å². The van der Waals surface area contributed by atoms with E-state index in [2.05, 4.69) is 10.00 Å². The molecule has 3 heterocycles. The third-order valence-corrected chi connectivity index (χ3v) is 6.95. The number of hydrogen-bond acceptors (Lipinski definition) is 6. The lowest BCUT2D eigenvalue weighted by Crippen LogP contribution is -2.51. The minimum Gasteiger partial charge on any atom is -0.390 e. The van der Waals surface area contributed by atoms with Crippen molar-refractivity contribution in [3.05, 3.63) is 18.5 Å². The highest BCUT2D eigenvalue weighted by molar-refractivity contribution is 7.89. The average molecular weight is 358 g/mol. The van der Waals surface area contributed by atoms with E-state index in [9.17, 15) is 13.5 Å². The van der Waals surface area contributed by atoms with Crippen LogP contribution in [0.1, 0.15) is 12.8 Å². The van der Waals surface area contributed by atoms with E-state index < -0.39 is 16.1 Å².